The molecule has 0 saturated carbocycles. The van der Waals surface area contributed by atoms with E-state index >= 15 is 0 Å². The highest BCUT2D eigenvalue weighted by Crippen LogP contribution is 2.21. The Balaban J connectivity index is 3.90. The molecule has 0 aromatic carbocycles. The van der Waals surface area contributed by atoms with E-state index in [1.54, 1.807) is 37.4 Å². The van der Waals surface area contributed by atoms with E-state index < -0.39 is 8.80 Å². The summed E-state index contributed by atoms with van der Waals surface area (Å²) < 4.78 is 0. The Labute approximate surface area is 278 Å². The van der Waals surface area contributed by atoms with Crippen LogP contribution in [-0.4, -0.2) is 8.80 Å². The van der Waals surface area contributed by atoms with E-state index in [4.69, 9.17) is 0 Å². The van der Waals surface area contributed by atoms with Gasteiger partial charge in [0.25, 0.3) is 0 Å². The van der Waals surface area contributed by atoms with Crippen molar-refractivity contribution in [3.8, 4) is 0 Å². The number of hydrogen-bond donors (Lipinski definition) is 0. The summed E-state index contributed by atoms with van der Waals surface area (Å²) in [5.41, 5.74) is 0. The molecule has 0 aromatic rings. The van der Waals surface area contributed by atoms with Gasteiger partial charge in [0, 0.05) is 8.80 Å². The minimum Gasteiger partial charge on any atom is -0.0654 e. The zero-order valence-electron chi connectivity index (χ0n) is 31.2. The Kier molecular flexibility index (Phi) is 40.4. The average molecular weight is 621 g/mol. The van der Waals surface area contributed by atoms with Gasteiger partial charge in [-0.2, -0.15) is 0 Å². The molecule has 0 unspecified atom stereocenters. The zero-order valence-corrected chi connectivity index (χ0v) is 32.3. The largest absolute Gasteiger partial charge is 0.0654 e. The van der Waals surface area contributed by atoms with Crippen molar-refractivity contribution < 1.29 is 0 Å². The van der Waals surface area contributed by atoms with Gasteiger partial charge in [0.05, 0.1) is 0 Å². The second-order valence-electron chi connectivity index (χ2n) is 14.9. The molecular formula is C42H88Si. The summed E-state index contributed by atoms with van der Waals surface area (Å²) in [4.78, 5) is 0. The molecule has 0 bridgehead atoms. The molecule has 0 saturated heterocycles. The van der Waals surface area contributed by atoms with Crippen molar-refractivity contribution in [2.75, 3.05) is 0 Å². The molecule has 0 heterocycles. The van der Waals surface area contributed by atoms with Gasteiger partial charge >= 0.3 is 0 Å². The number of unbranched alkanes of at least 4 members (excludes halogenated alkanes) is 33. The molecule has 260 valence electrons. The first-order chi connectivity index (χ1) is 21.3. The van der Waals surface area contributed by atoms with Crippen LogP contribution in [0.1, 0.15) is 252 Å². The van der Waals surface area contributed by atoms with E-state index in [0.717, 1.165) is 0 Å². The summed E-state index contributed by atoms with van der Waals surface area (Å²) in [6, 6.07) is 5.02. The fourth-order valence-corrected chi connectivity index (χ4v) is 10.7. The summed E-state index contributed by atoms with van der Waals surface area (Å²) in [5.74, 6) is 0. The predicted octanol–water partition coefficient (Wildman–Crippen LogP) is 16.3. The molecule has 0 aliphatic heterocycles. The molecule has 0 aliphatic rings. The third-order valence-electron chi connectivity index (χ3n) is 10.4. The molecule has 0 N–H and O–H groups in total. The molecule has 43 heavy (non-hydrogen) atoms. The lowest BCUT2D eigenvalue weighted by Gasteiger charge is -2.15. The highest BCUT2D eigenvalue weighted by atomic mass is 28.3. The third kappa shape index (κ3) is 38.3. The van der Waals surface area contributed by atoms with Crippen LogP contribution in [0.15, 0.2) is 0 Å². The summed E-state index contributed by atoms with van der Waals surface area (Å²) in [7, 11) is -0.487. The lowest BCUT2D eigenvalue weighted by molar-refractivity contribution is 0.544. The van der Waals surface area contributed by atoms with Crippen LogP contribution >= 0.6 is 0 Å². The zero-order chi connectivity index (χ0) is 31.2. The van der Waals surface area contributed by atoms with E-state index in [0.29, 0.717) is 0 Å². The molecule has 0 aliphatic carbocycles. The molecule has 0 fully saturated rings. The maximum Gasteiger partial charge on any atom is 0.0367 e. The number of rotatable bonds is 39. The van der Waals surface area contributed by atoms with Gasteiger partial charge in [0.2, 0.25) is 0 Å². The summed E-state index contributed by atoms with van der Waals surface area (Å²) in [6.45, 7) is 6.97. The lowest BCUT2D eigenvalue weighted by atomic mass is 10.1. The van der Waals surface area contributed by atoms with Crippen LogP contribution in [0.4, 0.5) is 0 Å². The van der Waals surface area contributed by atoms with Gasteiger partial charge in [-0.1, -0.05) is 270 Å². The van der Waals surface area contributed by atoms with Crippen LogP contribution in [0.5, 0.6) is 0 Å². The molecule has 0 aromatic heterocycles. The van der Waals surface area contributed by atoms with Gasteiger partial charge in [-0.05, 0) is 0 Å². The first kappa shape index (κ1) is 43.2. The summed E-state index contributed by atoms with van der Waals surface area (Å²) in [5, 5.41) is 0. The van der Waals surface area contributed by atoms with E-state index in [9.17, 15) is 0 Å². The smallest absolute Gasteiger partial charge is 0.0367 e. The van der Waals surface area contributed by atoms with Crippen LogP contribution in [0.25, 0.3) is 0 Å². The van der Waals surface area contributed by atoms with Crippen LogP contribution in [0.3, 0.4) is 0 Å². The van der Waals surface area contributed by atoms with E-state index in [1.807, 2.05) is 0 Å². The Morgan fingerprint density at radius 2 is 0.326 bits per heavy atom. The molecule has 0 rings (SSSR count). The van der Waals surface area contributed by atoms with Gasteiger partial charge in [-0.25, -0.2) is 0 Å². The minimum absolute atomic E-state index is 0.487. The Morgan fingerprint density at radius 1 is 0.186 bits per heavy atom. The van der Waals surface area contributed by atoms with Crippen molar-refractivity contribution in [2.45, 2.75) is 270 Å². The average Bonchev–Trinajstić information content (AvgIpc) is 3.02. The van der Waals surface area contributed by atoms with Crippen LogP contribution < -0.4 is 0 Å². The standard InChI is InChI=1S/C42H88Si/c1-4-7-10-13-16-19-22-25-28-31-34-37-40-43(41-38-35-32-29-26-23-20-17-14-11-8-5-2)42-39-36-33-30-27-24-21-18-15-12-9-6-3/h43H,4-42H2,1-3H3. The highest BCUT2D eigenvalue weighted by molar-refractivity contribution is 6.58. The van der Waals surface area contributed by atoms with Gasteiger partial charge in [0.15, 0.2) is 0 Å². The maximum absolute atomic E-state index is 2.32. The van der Waals surface area contributed by atoms with Crippen LogP contribution in [-0.2, 0) is 0 Å². The maximum atomic E-state index is 2.32. The monoisotopic (exact) mass is 621 g/mol. The lowest BCUT2D eigenvalue weighted by Crippen LogP contribution is -2.12. The molecule has 0 radical (unpaired) electrons. The molecule has 0 amide bonds. The van der Waals surface area contributed by atoms with Crippen LogP contribution in [0, 0.1) is 0 Å². The fourth-order valence-electron chi connectivity index (χ4n) is 7.26. The third-order valence-corrected chi connectivity index (χ3v) is 14.1. The Bertz CT molecular complexity index is 393. The second kappa shape index (κ2) is 40.2. The normalized spacial score (nSPS) is 11.7. The second-order valence-corrected chi connectivity index (χ2v) is 18.4. The predicted molar refractivity (Wildman–Crippen MR) is 205 cm³/mol. The van der Waals surface area contributed by atoms with Gasteiger partial charge in [-0.15, -0.1) is 0 Å². The van der Waals surface area contributed by atoms with E-state index in [2.05, 4.69) is 20.8 Å². The van der Waals surface area contributed by atoms with Crippen molar-refractivity contribution >= 4 is 8.80 Å². The minimum atomic E-state index is -0.487. The van der Waals surface area contributed by atoms with E-state index in [-0.39, 0.29) is 0 Å². The van der Waals surface area contributed by atoms with Crippen molar-refractivity contribution in [3.05, 3.63) is 0 Å². The summed E-state index contributed by atoms with van der Waals surface area (Å²) in [6.07, 6.45) is 53.8. The van der Waals surface area contributed by atoms with Gasteiger partial charge < -0.3 is 0 Å². The molecule has 0 spiro atoms. The molecule has 0 nitrogen and oxygen atoms in total. The molecular weight excluding hydrogens is 533 g/mol. The fraction of sp³-hybridized carbons (Fsp3) is 1.00. The first-order valence-corrected chi connectivity index (χ1v) is 23.8. The first-order valence-electron chi connectivity index (χ1n) is 21.3. The van der Waals surface area contributed by atoms with Crippen molar-refractivity contribution in [3.63, 3.8) is 0 Å². The Hall–Kier alpha value is 0.217. The van der Waals surface area contributed by atoms with Crippen molar-refractivity contribution in [1.29, 1.82) is 0 Å². The highest BCUT2D eigenvalue weighted by Gasteiger charge is 2.10. The summed E-state index contributed by atoms with van der Waals surface area (Å²) >= 11 is 0. The number of hydrogen-bond acceptors (Lipinski definition) is 0. The quantitative estimate of drug-likeness (QED) is 0.0473. The molecule has 0 atom stereocenters. The van der Waals surface area contributed by atoms with Gasteiger partial charge in [-0.3, -0.25) is 0 Å². The van der Waals surface area contributed by atoms with Crippen molar-refractivity contribution in [1.82, 2.24) is 0 Å². The van der Waals surface area contributed by atoms with Crippen molar-refractivity contribution in [2.24, 2.45) is 0 Å². The molecule has 1 heteroatoms. The van der Waals surface area contributed by atoms with Crippen LogP contribution in [0.2, 0.25) is 18.1 Å². The van der Waals surface area contributed by atoms with E-state index in [1.165, 1.54) is 212 Å². The SMILES string of the molecule is CCCCCCCCCCCCCC[SiH](CCCCCCCCCCCCCC)CCCCCCCCCCCCCC. The topological polar surface area (TPSA) is 0 Å². The van der Waals surface area contributed by atoms with Gasteiger partial charge in [0.1, 0.15) is 0 Å². The Morgan fingerprint density at radius 3 is 0.488 bits per heavy atom.